The SMILES string of the molecule is CC1(C)[C@H]2CC=C(COC[C@H](O)CNCCc3ccc4c(c3)OCCO4)[C@@H]1C2. The third-order valence-electron chi connectivity index (χ3n) is 6.74. The molecule has 3 atom stereocenters. The van der Waals surface area contributed by atoms with E-state index in [0.29, 0.717) is 44.3 Å². The number of benzene rings is 1. The largest absolute Gasteiger partial charge is 0.486 e. The van der Waals surface area contributed by atoms with Gasteiger partial charge in [-0.3, -0.25) is 0 Å². The molecular formula is C23H33NO4. The second-order valence-corrected chi connectivity index (χ2v) is 8.92. The zero-order valence-electron chi connectivity index (χ0n) is 17.1. The number of hydrogen-bond donors (Lipinski definition) is 2. The summed E-state index contributed by atoms with van der Waals surface area (Å²) in [5, 5.41) is 13.5. The number of fused-ring (bicyclic) bond motifs is 2. The van der Waals surface area contributed by atoms with Gasteiger partial charge in [0.15, 0.2) is 11.5 Å². The lowest BCUT2D eigenvalue weighted by Gasteiger charge is -2.56. The van der Waals surface area contributed by atoms with Crippen LogP contribution in [0.3, 0.4) is 0 Å². The first-order valence-corrected chi connectivity index (χ1v) is 10.6. The van der Waals surface area contributed by atoms with Gasteiger partial charge in [-0.2, -0.15) is 0 Å². The fraction of sp³-hybridized carbons (Fsp3) is 0.652. The van der Waals surface area contributed by atoms with Crippen LogP contribution in [0.5, 0.6) is 11.5 Å². The Morgan fingerprint density at radius 1 is 1.25 bits per heavy atom. The molecule has 1 heterocycles. The number of ether oxygens (including phenoxy) is 3. The number of aliphatic hydroxyl groups excluding tert-OH is 1. The highest BCUT2D eigenvalue weighted by atomic mass is 16.6. The highest BCUT2D eigenvalue weighted by molar-refractivity contribution is 5.43. The Bertz CT molecular complexity index is 715. The summed E-state index contributed by atoms with van der Waals surface area (Å²) in [6.07, 6.45) is 5.27. The summed E-state index contributed by atoms with van der Waals surface area (Å²) >= 11 is 0. The van der Waals surface area contributed by atoms with Crippen molar-refractivity contribution < 1.29 is 19.3 Å². The Kier molecular flexibility index (Phi) is 5.95. The summed E-state index contributed by atoms with van der Waals surface area (Å²) in [5.74, 6) is 3.18. The summed E-state index contributed by atoms with van der Waals surface area (Å²) in [5.41, 5.74) is 3.07. The van der Waals surface area contributed by atoms with Crippen molar-refractivity contribution >= 4 is 0 Å². The predicted molar refractivity (Wildman–Crippen MR) is 109 cm³/mol. The van der Waals surface area contributed by atoms with Crippen LogP contribution in [0.2, 0.25) is 0 Å². The van der Waals surface area contributed by atoms with Crippen LogP contribution in [-0.4, -0.2) is 50.7 Å². The van der Waals surface area contributed by atoms with Gasteiger partial charge in [0.25, 0.3) is 0 Å². The molecule has 1 fully saturated rings. The maximum Gasteiger partial charge on any atom is 0.161 e. The first kappa shape index (κ1) is 19.7. The minimum absolute atomic E-state index is 0.380. The molecular weight excluding hydrogens is 354 g/mol. The monoisotopic (exact) mass is 387 g/mol. The van der Waals surface area contributed by atoms with Crippen molar-refractivity contribution in [2.75, 3.05) is 39.5 Å². The molecule has 5 heteroatoms. The fourth-order valence-corrected chi connectivity index (χ4v) is 4.76. The summed E-state index contributed by atoms with van der Waals surface area (Å²) in [7, 11) is 0. The van der Waals surface area contributed by atoms with E-state index >= 15 is 0 Å². The molecule has 2 N–H and O–H groups in total. The standard InChI is InChI=1S/C23H33NO4/c1-23(2)18-5-4-17(20(23)12-18)14-26-15-19(25)13-24-8-7-16-3-6-21-22(11-16)28-10-9-27-21/h3-4,6,11,18-20,24-25H,5,7-10,12-15H2,1-2H3/t18-,19+,20-/m0/s1. The van der Waals surface area contributed by atoms with Gasteiger partial charge in [0.05, 0.1) is 19.3 Å². The average molecular weight is 388 g/mol. The molecule has 1 aliphatic heterocycles. The van der Waals surface area contributed by atoms with Gasteiger partial charge in [0.1, 0.15) is 13.2 Å². The lowest BCUT2D eigenvalue weighted by atomic mass is 9.49. The molecule has 5 nitrogen and oxygen atoms in total. The molecule has 1 aromatic carbocycles. The highest BCUT2D eigenvalue weighted by Crippen LogP contribution is 2.59. The highest BCUT2D eigenvalue weighted by Gasteiger charge is 2.50. The molecule has 1 saturated carbocycles. The van der Waals surface area contributed by atoms with E-state index in [0.717, 1.165) is 30.4 Å². The van der Waals surface area contributed by atoms with Crippen molar-refractivity contribution in [2.45, 2.75) is 39.2 Å². The van der Waals surface area contributed by atoms with Crippen molar-refractivity contribution in [2.24, 2.45) is 17.3 Å². The van der Waals surface area contributed by atoms with Gasteiger partial charge in [0.2, 0.25) is 0 Å². The summed E-state index contributed by atoms with van der Waals surface area (Å²) < 4.78 is 17.0. The van der Waals surface area contributed by atoms with Crippen LogP contribution in [0.1, 0.15) is 32.3 Å². The molecule has 0 aromatic heterocycles. The van der Waals surface area contributed by atoms with Crippen LogP contribution in [-0.2, 0) is 11.2 Å². The number of nitrogens with one attached hydrogen (secondary N) is 1. The van der Waals surface area contributed by atoms with Crippen LogP contribution in [0.4, 0.5) is 0 Å². The molecule has 28 heavy (non-hydrogen) atoms. The van der Waals surface area contributed by atoms with E-state index < -0.39 is 6.10 Å². The van der Waals surface area contributed by atoms with Crippen molar-refractivity contribution in [1.29, 1.82) is 0 Å². The van der Waals surface area contributed by atoms with Gasteiger partial charge in [-0.05, 0) is 66.3 Å². The predicted octanol–water partition coefficient (Wildman–Crippen LogP) is 2.96. The summed E-state index contributed by atoms with van der Waals surface area (Å²) in [6.45, 7) is 8.36. The lowest BCUT2D eigenvalue weighted by Crippen LogP contribution is -2.48. The third kappa shape index (κ3) is 4.22. The number of aliphatic hydroxyl groups is 1. The van der Waals surface area contributed by atoms with Crippen molar-refractivity contribution in [3.63, 3.8) is 0 Å². The first-order chi connectivity index (χ1) is 13.5. The number of allylic oxidation sites excluding steroid dienone is 1. The zero-order chi connectivity index (χ0) is 19.6. The van der Waals surface area contributed by atoms with Crippen LogP contribution in [0.25, 0.3) is 0 Å². The molecule has 4 aliphatic rings. The third-order valence-corrected chi connectivity index (χ3v) is 6.74. The van der Waals surface area contributed by atoms with E-state index in [4.69, 9.17) is 14.2 Å². The molecule has 0 spiro atoms. The minimum Gasteiger partial charge on any atom is -0.486 e. The van der Waals surface area contributed by atoms with Crippen molar-refractivity contribution in [3.8, 4) is 11.5 Å². The molecule has 2 bridgehead atoms. The lowest BCUT2D eigenvalue weighted by molar-refractivity contribution is -0.0235. The van der Waals surface area contributed by atoms with Gasteiger partial charge >= 0.3 is 0 Å². The quantitative estimate of drug-likeness (QED) is 0.504. The molecule has 0 saturated heterocycles. The maximum absolute atomic E-state index is 10.2. The van der Waals surface area contributed by atoms with Gasteiger partial charge in [0, 0.05) is 6.54 Å². The minimum atomic E-state index is -0.480. The molecule has 154 valence electrons. The Hall–Kier alpha value is -1.56. The molecule has 0 radical (unpaired) electrons. The average Bonchev–Trinajstić information content (AvgIpc) is 2.71. The Balaban J connectivity index is 1.11. The first-order valence-electron chi connectivity index (χ1n) is 10.6. The Labute approximate surface area is 168 Å². The normalized spacial score (nSPS) is 25.6. The van der Waals surface area contributed by atoms with Crippen molar-refractivity contribution in [3.05, 3.63) is 35.4 Å². The van der Waals surface area contributed by atoms with E-state index in [-0.39, 0.29) is 0 Å². The van der Waals surface area contributed by atoms with Crippen LogP contribution >= 0.6 is 0 Å². The summed E-state index contributed by atoms with van der Waals surface area (Å²) in [6, 6.07) is 6.08. The number of rotatable bonds is 9. The molecule has 3 aliphatic carbocycles. The van der Waals surface area contributed by atoms with Gasteiger partial charge < -0.3 is 24.6 Å². The van der Waals surface area contributed by atoms with Gasteiger partial charge in [-0.15, -0.1) is 0 Å². The fourth-order valence-electron chi connectivity index (χ4n) is 4.76. The van der Waals surface area contributed by atoms with E-state index in [1.807, 2.05) is 12.1 Å². The van der Waals surface area contributed by atoms with Gasteiger partial charge in [-0.1, -0.05) is 26.0 Å². The van der Waals surface area contributed by atoms with E-state index in [2.05, 4.69) is 31.3 Å². The van der Waals surface area contributed by atoms with Crippen LogP contribution in [0, 0.1) is 17.3 Å². The number of hydrogen-bond acceptors (Lipinski definition) is 5. The van der Waals surface area contributed by atoms with E-state index in [9.17, 15) is 5.11 Å². The second kappa shape index (κ2) is 8.44. The van der Waals surface area contributed by atoms with Crippen LogP contribution < -0.4 is 14.8 Å². The van der Waals surface area contributed by atoms with Crippen molar-refractivity contribution in [1.82, 2.24) is 5.32 Å². The Morgan fingerprint density at radius 2 is 2.07 bits per heavy atom. The molecule has 0 amide bonds. The smallest absolute Gasteiger partial charge is 0.161 e. The van der Waals surface area contributed by atoms with E-state index in [1.165, 1.54) is 24.0 Å². The summed E-state index contributed by atoms with van der Waals surface area (Å²) in [4.78, 5) is 0. The van der Waals surface area contributed by atoms with Crippen LogP contribution in [0.15, 0.2) is 29.8 Å². The molecule has 0 unspecified atom stereocenters. The maximum atomic E-state index is 10.2. The Morgan fingerprint density at radius 3 is 2.86 bits per heavy atom. The zero-order valence-corrected chi connectivity index (χ0v) is 17.1. The molecule has 1 aromatic rings. The molecule has 5 rings (SSSR count). The van der Waals surface area contributed by atoms with Gasteiger partial charge in [-0.25, -0.2) is 0 Å². The second-order valence-electron chi connectivity index (χ2n) is 8.92. The van der Waals surface area contributed by atoms with E-state index in [1.54, 1.807) is 0 Å². The topological polar surface area (TPSA) is 60.0 Å².